The number of esters is 1. The smallest absolute Gasteiger partial charge is 0.338 e. The number of benzene rings is 1. The van der Waals surface area contributed by atoms with Crippen LogP contribution in [-0.2, 0) is 20.7 Å². The molecule has 0 N–H and O–H groups in total. The monoisotopic (exact) mass is 293 g/mol. The van der Waals surface area contributed by atoms with Crippen LogP contribution in [0.5, 0.6) is 0 Å². The van der Waals surface area contributed by atoms with Gasteiger partial charge in [0.25, 0.3) is 5.69 Å². The van der Waals surface area contributed by atoms with Gasteiger partial charge in [0.1, 0.15) is 0 Å². The van der Waals surface area contributed by atoms with E-state index >= 15 is 0 Å². The predicted molar refractivity (Wildman–Crippen MR) is 71.3 cm³/mol. The summed E-state index contributed by atoms with van der Waals surface area (Å²) in [6.07, 6.45) is 0.123. The van der Waals surface area contributed by atoms with Crippen LogP contribution in [0.4, 0.5) is 5.69 Å². The molecule has 8 nitrogen and oxygen atoms in total. The minimum absolute atomic E-state index is 0.0189. The quantitative estimate of drug-likeness (QED) is 0.482. The summed E-state index contributed by atoms with van der Waals surface area (Å²) in [5.74, 6) is -2.07. The maximum absolute atomic E-state index is 11.3. The third kappa shape index (κ3) is 3.60. The first-order chi connectivity index (χ1) is 9.71. The lowest BCUT2D eigenvalue weighted by molar-refractivity contribution is -0.384. The van der Waals surface area contributed by atoms with Gasteiger partial charge in [-0.05, 0) is 19.4 Å². The molecule has 1 aromatic carbocycles. The SMILES string of the molecule is CC(=O)OC1(Cc2ccc([N+](=O)[O-])cc2)N=NC(C)(C)O1. The number of rotatable bonds is 4. The number of hydrogen-bond donors (Lipinski definition) is 0. The van der Waals surface area contributed by atoms with Crippen molar-refractivity contribution in [3.63, 3.8) is 0 Å². The molecule has 0 bridgehead atoms. The summed E-state index contributed by atoms with van der Waals surface area (Å²) in [6, 6.07) is 5.86. The van der Waals surface area contributed by atoms with Crippen molar-refractivity contribution in [3.8, 4) is 0 Å². The summed E-state index contributed by atoms with van der Waals surface area (Å²) in [5, 5.41) is 18.5. The lowest BCUT2D eigenvalue weighted by Crippen LogP contribution is -2.39. The van der Waals surface area contributed by atoms with Crippen LogP contribution < -0.4 is 0 Å². The van der Waals surface area contributed by atoms with E-state index in [-0.39, 0.29) is 12.1 Å². The molecule has 0 radical (unpaired) electrons. The number of nitro groups is 1. The van der Waals surface area contributed by atoms with Crippen LogP contribution in [0.1, 0.15) is 26.3 Å². The molecule has 8 heteroatoms. The van der Waals surface area contributed by atoms with Gasteiger partial charge in [-0.2, -0.15) is 5.11 Å². The molecular formula is C13H15N3O5. The summed E-state index contributed by atoms with van der Waals surface area (Å²) in [7, 11) is 0. The summed E-state index contributed by atoms with van der Waals surface area (Å²) in [4.78, 5) is 21.4. The molecular weight excluding hydrogens is 278 g/mol. The van der Waals surface area contributed by atoms with Crippen LogP contribution in [0.25, 0.3) is 0 Å². The van der Waals surface area contributed by atoms with Crippen LogP contribution in [-0.4, -0.2) is 22.5 Å². The molecule has 0 fully saturated rings. The normalized spacial score (nSPS) is 23.0. The number of ether oxygens (including phenoxy) is 2. The standard InChI is InChI=1S/C13H15N3O5/c1-9(17)20-13(15-14-12(2,3)21-13)8-10-4-6-11(7-5-10)16(18)19/h4-7H,8H2,1-3H3. The zero-order valence-electron chi connectivity index (χ0n) is 11.9. The Balaban J connectivity index is 2.22. The number of nitrogens with zero attached hydrogens (tertiary/aromatic N) is 3. The first-order valence-electron chi connectivity index (χ1n) is 6.29. The zero-order chi connectivity index (χ0) is 15.7. The molecule has 1 aliphatic heterocycles. The van der Waals surface area contributed by atoms with E-state index in [2.05, 4.69) is 10.2 Å². The number of azo groups is 1. The second kappa shape index (κ2) is 5.21. The predicted octanol–water partition coefficient (Wildman–Crippen LogP) is 2.57. The highest BCUT2D eigenvalue weighted by Gasteiger charge is 2.46. The Labute approximate surface area is 120 Å². The summed E-state index contributed by atoms with van der Waals surface area (Å²) in [5.41, 5.74) is -0.232. The fraction of sp³-hybridized carbons (Fsp3) is 0.462. The van der Waals surface area contributed by atoms with E-state index in [0.29, 0.717) is 5.56 Å². The minimum Gasteiger partial charge on any atom is -0.410 e. The number of hydrogen-bond acceptors (Lipinski definition) is 7. The number of carbonyl (C=O) groups is 1. The van der Waals surface area contributed by atoms with Crippen LogP contribution >= 0.6 is 0 Å². The highest BCUT2D eigenvalue weighted by Crippen LogP contribution is 2.35. The fourth-order valence-electron chi connectivity index (χ4n) is 1.99. The molecule has 1 aliphatic rings. The van der Waals surface area contributed by atoms with Crippen molar-refractivity contribution < 1.29 is 19.2 Å². The molecule has 0 saturated carbocycles. The van der Waals surface area contributed by atoms with Gasteiger partial charge in [-0.15, -0.1) is 5.11 Å². The summed E-state index contributed by atoms with van der Waals surface area (Å²) < 4.78 is 10.8. The minimum atomic E-state index is -1.52. The Morgan fingerprint density at radius 1 is 1.33 bits per heavy atom. The average molecular weight is 293 g/mol. The average Bonchev–Trinajstić information content (AvgIpc) is 2.64. The molecule has 1 unspecified atom stereocenters. The molecule has 0 saturated heterocycles. The number of nitro benzene ring substituents is 1. The third-order valence-electron chi connectivity index (χ3n) is 2.73. The van der Waals surface area contributed by atoms with Crippen molar-refractivity contribution in [2.45, 2.75) is 38.8 Å². The Morgan fingerprint density at radius 3 is 2.38 bits per heavy atom. The van der Waals surface area contributed by atoms with E-state index in [1.54, 1.807) is 26.0 Å². The van der Waals surface area contributed by atoms with Crippen molar-refractivity contribution in [2.24, 2.45) is 10.2 Å². The van der Waals surface area contributed by atoms with Crippen molar-refractivity contribution in [1.82, 2.24) is 0 Å². The number of non-ortho nitro benzene ring substituents is 1. The second-order valence-corrected chi connectivity index (χ2v) is 5.16. The molecule has 1 aromatic rings. The van der Waals surface area contributed by atoms with Crippen molar-refractivity contribution >= 4 is 11.7 Å². The Bertz CT molecular complexity index is 596. The lowest BCUT2D eigenvalue weighted by atomic mass is 10.1. The van der Waals surface area contributed by atoms with E-state index in [0.717, 1.165) is 0 Å². The van der Waals surface area contributed by atoms with Gasteiger partial charge in [0.15, 0.2) is 5.72 Å². The zero-order valence-corrected chi connectivity index (χ0v) is 11.9. The van der Waals surface area contributed by atoms with Crippen LogP contribution in [0.15, 0.2) is 34.5 Å². The maximum atomic E-state index is 11.3. The molecule has 0 aromatic heterocycles. The third-order valence-corrected chi connectivity index (χ3v) is 2.73. The lowest BCUT2D eigenvalue weighted by Gasteiger charge is -2.26. The molecule has 0 aliphatic carbocycles. The van der Waals surface area contributed by atoms with E-state index in [1.165, 1.54) is 19.1 Å². The van der Waals surface area contributed by atoms with Gasteiger partial charge in [0, 0.05) is 19.1 Å². The Morgan fingerprint density at radius 2 is 1.95 bits per heavy atom. The van der Waals surface area contributed by atoms with Crippen molar-refractivity contribution in [3.05, 3.63) is 39.9 Å². The van der Waals surface area contributed by atoms with E-state index in [4.69, 9.17) is 9.47 Å². The molecule has 2 rings (SSSR count). The van der Waals surface area contributed by atoms with Crippen molar-refractivity contribution in [2.75, 3.05) is 0 Å². The second-order valence-electron chi connectivity index (χ2n) is 5.16. The highest BCUT2D eigenvalue weighted by atomic mass is 16.8. The van der Waals surface area contributed by atoms with Gasteiger partial charge < -0.3 is 4.74 Å². The molecule has 1 heterocycles. The molecule has 1 atom stereocenters. The Hall–Kier alpha value is -2.35. The van der Waals surface area contributed by atoms with Crippen LogP contribution in [0.3, 0.4) is 0 Å². The van der Waals surface area contributed by atoms with Crippen LogP contribution in [0, 0.1) is 10.1 Å². The van der Waals surface area contributed by atoms with Crippen molar-refractivity contribution in [1.29, 1.82) is 0 Å². The van der Waals surface area contributed by atoms with Gasteiger partial charge in [0.2, 0.25) is 0 Å². The first kappa shape index (κ1) is 15.0. The maximum Gasteiger partial charge on any atom is 0.338 e. The van der Waals surface area contributed by atoms with E-state index in [9.17, 15) is 14.9 Å². The molecule has 0 amide bonds. The largest absolute Gasteiger partial charge is 0.410 e. The van der Waals surface area contributed by atoms with Gasteiger partial charge >= 0.3 is 11.9 Å². The van der Waals surface area contributed by atoms with Gasteiger partial charge in [-0.25, -0.2) is 0 Å². The highest BCUT2D eigenvalue weighted by molar-refractivity contribution is 5.66. The van der Waals surface area contributed by atoms with Gasteiger partial charge in [0.05, 0.1) is 11.3 Å². The Kier molecular flexibility index (Phi) is 3.73. The summed E-state index contributed by atoms with van der Waals surface area (Å²) in [6.45, 7) is 4.64. The molecule has 0 spiro atoms. The van der Waals surface area contributed by atoms with E-state index in [1.807, 2.05) is 0 Å². The molecule has 21 heavy (non-hydrogen) atoms. The van der Waals surface area contributed by atoms with Gasteiger partial charge in [-0.3, -0.25) is 19.6 Å². The fourth-order valence-corrected chi connectivity index (χ4v) is 1.99. The number of carbonyl (C=O) groups excluding carboxylic acids is 1. The topological polar surface area (TPSA) is 103 Å². The van der Waals surface area contributed by atoms with E-state index < -0.39 is 22.5 Å². The first-order valence-corrected chi connectivity index (χ1v) is 6.29. The van der Waals surface area contributed by atoms with Gasteiger partial charge in [-0.1, -0.05) is 12.1 Å². The molecule has 112 valence electrons. The summed E-state index contributed by atoms with van der Waals surface area (Å²) >= 11 is 0. The van der Waals surface area contributed by atoms with Crippen LogP contribution in [0.2, 0.25) is 0 Å².